The van der Waals surface area contributed by atoms with Gasteiger partial charge in [-0.1, -0.05) is 31.2 Å². The Balaban J connectivity index is 2.22. The molecule has 0 unspecified atom stereocenters. The third-order valence-corrected chi connectivity index (χ3v) is 3.18. The molecule has 0 aromatic heterocycles. The maximum atomic E-state index is 12.3. The lowest BCUT2D eigenvalue weighted by molar-refractivity contribution is 0.0600. The van der Waals surface area contributed by atoms with Crippen molar-refractivity contribution in [2.75, 3.05) is 12.4 Å². The van der Waals surface area contributed by atoms with Crippen LogP contribution in [0.2, 0.25) is 0 Å². The highest BCUT2D eigenvalue weighted by Gasteiger charge is 2.11. The summed E-state index contributed by atoms with van der Waals surface area (Å²) in [5.74, 6) is -0.616. The van der Waals surface area contributed by atoms with Gasteiger partial charge in [-0.05, 0) is 36.2 Å². The Labute approximate surface area is 123 Å². The smallest absolute Gasteiger partial charge is 0.337 e. The highest BCUT2D eigenvalue weighted by Crippen LogP contribution is 2.15. The zero-order valence-electron chi connectivity index (χ0n) is 12.1. The molecule has 0 atom stereocenters. The number of hydrogen-bond acceptors (Lipinski definition) is 3. The van der Waals surface area contributed by atoms with E-state index in [1.54, 1.807) is 30.3 Å². The van der Waals surface area contributed by atoms with Crippen LogP contribution in [0.4, 0.5) is 5.69 Å². The first-order valence-corrected chi connectivity index (χ1v) is 6.73. The molecule has 2 rings (SSSR count). The van der Waals surface area contributed by atoms with Gasteiger partial charge < -0.3 is 10.1 Å². The minimum absolute atomic E-state index is 0.186. The highest BCUT2D eigenvalue weighted by atomic mass is 16.5. The number of aryl methyl sites for hydroxylation is 1. The van der Waals surface area contributed by atoms with Crippen molar-refractivity contribution in [1.82, 2.24) is 0 Å². The predicted molar refractivity (Wildman–Crippen MR) is 81.6 cm³/mol. The molecule has 0 saturated carbocycles. The van der Waals surface area contributed by atoms with Crippen LogP contribution in [-0.4, -0.2) is 19.0 Å². The predicted octanol–water partition coefficient (Wildman–Crippen LogP) is 3.29. The van der Waals surface area contributed by atoms with Crippen LogP contribution in [0.1, 0.15) is 33.2 Å². The van der Waals surface area contributed by atoms with Crippen molar-refractivity contribution < 1.29 is 14.3 Å². The van der Waals surface area contributed by atoms with E-state index in [0.717, 1.165) is 12.0 Å². The summed E-state index contributed by atoms with van der Waals surface area (Å²) in [6.45, 7) is 2.00. The fourth-order valence-electron chi connectivity index (χ4n) is 2.09. The standard InChI is InChI=1S/C17H17NO3/c1-3-12-7-4-5-10-15(12)16(19)18-14-9-6-8-13(11-14)17(20)21-2/h4-11H,3H2,1-2H3,(H,18,19). The van der Waals surface area contributed by atoms with Crippen molar-refractivity contribution in [3.63, 3.8) is 0 Å². The van der Waals surface area contributed by atoms with E-state index in [0.29, 0.717) is 16.8 Å². The van der Waals surface area contributed by atoms with Crippen LogP contribution >= 0.6 is 0 Å². The Hall–Kier alpha value is -2.62. The first-order valence-electron chi connectivity index (χ1n) is 6.73. The second kappa shape index (κ2) is 6.70. The summed E-state index contributed by atoms with van der Waals surface area (Å²) in [6.07, 6.45) is 0.784. The molecule has 21 heavy (non-hydrogen) atoms. The monoisotopic (exact) mass is 283 g/mol. The Kier molecular flexibility index (Phi) is 4.72. The lowest BCUT2D eigenvalue weighted by Gasteiger charge is -2.09. The number of anilines is 1. The molecule has 0 aliphatic rings. The van der Waals surface area contributed by atoms with E-state index in [1.165, 1.54) is 7.11 Å². The van der Waals surface area contributed by atoms with Crippen LogP contribution in [0.25, 0.3) is 0 Å². The number of esters is 1. The quantitative estimate of drug-likeness (QED) is 0.876. The number of carbonyl (C=O) groups is 2. The molecular weight excluding hydrogens is 266 g/mol. The molecule has 1 amide bonds. The Morgan fingerprint density at radius 1 is 1.10 bits per heavy atom. The first kappa shape index (κ1) is 14.8. The molecule has 108 valence electrons. The summed E-state index contributed by atoms with van der Waals surface area (Å²) in [5, 5.41) is 2.81. The number of methoxy groups -OCH3 is 1. The Bertz CT molecular complexity index is 665. The Morgan fingerprint density at radius 3 is 2.57 bits per heavy atom. The van der Waals surface area contributed by atoms with E-state index in [4.69, 9.17) is 0 Å². The second-order valence-electron chi connectivity index (χ2n) is 4.54. The van der Waals surface area contributed by atoms with Crippen LogP contribution in [0.15, 0.2) is 48.5 Å². The SMILES string of the molecule is CCc1ccccc1C(=O)Nc1cccc(C(=O)OC)c1. The number of benzene rings is 2. The summed E-state index contributed by atoms with van der Waals surface area (Å²) in [5.41, 5.74) is 2.59. The zero-order valence-corrected chi connectivity index (χ0v) is 12.1. The van der Waals surface area contributed by atoms with E-state index < -0.39 is 5.97 Å². The van der Waals surface area contributed by atoms with Crippen molar-refractivity contribution >= 4 is 17.6 Å². The molecule has 0 radical (unpaired) electrons. The van der Waals surface area contributed by atoms with Gasteiger partial charge in [0.15, 0.2) is 0 Å². The van der Waals surface area contributed by atoms with Gasteiger partial charge in [0.25, 0.3) is 5.91 Å². The van der Waals surface area contributed by atoms with E-state index in [2.05, 4.69) is 10.1 Å². The van der Waals surface area contributed by atoms with Gasteiger partial charge in [0.2, 0.25) is 0 Å². The number of carbonyl (C=O) groups excluding carboxylic acids is 2. The topological polar surface area (TPSA) is 55.4 Å². The number of nitrogens with one attached hydrogen (secondary N) is 1. The van der Waals surface area contributed by atoms with E-state index in [1.807, 2.05) is 25.1 Å². The highest BCUT2D eigenvalue weighted by molar-refractivity contribution is 6.05. The molecule has 1 N–H and O–H groups in total. The number of hydrogen-bond donors (Lipinski definition) is 1. The van der Waals surface area contributed by atoms with Gasteiger partial charge in [-0.3, -0.25) is 4.79 Å². The maximum absolute atomic E-state index is 12.3. The van der Waals surface area contributed by atoms with Gasteiger partial charge in [0, 0.05) is 11.3 Å². The lowest BCUT2D eigenvalue weighted by Crippen LogP contribution is -2.14. The molecule has 2 aromatic rings. The van der Waals surface area contributed by atoms with Gasteiger partial charge in [-0.15, -0.1) is 0 Å². The molecule has 0 bridgehead atoms. The fraction of sp³-hybridized carbons (Fsp3) is 0.176. The molecule has 0 aliphatic heterocycles. The van der Waals surface area contributed by atoms with Crippen LogP contribution in [0, 0.1) is 0 Å². The van der Waals surface area contributed by atoms with Gasteiger partial charge in [0.1, 0.15) is 0 Å². The molecule has 0 fully saturated rings. The molecule has 4 heteroatoms. The van der Waals surface area contributed by atoms with Crippen LogP contribution in [-0.2, 0) is 11.2 Å². The molecule has 0 spiro atoms. The summed E-state index contributed by atoms with van der Waals surface area (Å²) in [6, 6.07) is 14.1. The summed E-state index contributed by atoms with van der Waals surface area (Å²) >= 11 is 0. The lowest BCUT2D eigenvalue weighted by atomic mass is 10.0. The van der Waals surface area contributed by atoms with Crippen LogP contribution in [0.5, 0.6) is 0 Å². The van der Waals surface area contributed by atoms with E-state index in [9.17, 15) is 9.59 Å². The molecule has 4 nitrogen and oxygen atoms in total. The molecule has 2 aromatic carbocycles. The molecule has 0 aliphatic carbocycles. The summed E-state index contributed by atoms with van der Waals surface area (Å²) in [4.78, 5) is 23.8. The van der Waals surface area contributed by atoms with Crippen molar-refractivity contribution in [2.24, 2.45) is 0 Å². The molecular formula is C17H17NO3. The second-order valence-corrected chi connectivity index (χ2v) is 4.54. The zero-order chi connectivity index (χ0) is 15.2. The van der Waals surface area contributed by atoms with Crippen molar-refractivity contribution in [2.45, 2.75) is 13.3 Å². The van der Waals surface area contributed by atoms with Gasteiger partial charge in [-0.2, -0.15) is 0 Å². The van der Waals surface area contributed by atoms with Gasteiger partial charge in [0.05, 0.1) is 12.7 Å². The Morgan fingerprint density at radius 2 is 1.86 bits per heavy atom. The minimum atomic E-state index is -0.431. The summed E-state index contributed by atoms with van der Waals surface area (Å²) in [7, 11) is 1.32. The van der Waals surface area contributed by atoms with E-state index >= 15 is 0 Å². The molecule has 0 saturated heterocycles. The van der Waals surface area contributed by atoms with Gasteiger partial charge >= 0.3 is 5.97 Å². The third-order valence-electron chi connectivity index (χ3n) is 3.18. The van der Waals surface area contributed by atoms with Crippen molar-refractivity contribution in [1.29, 1.82) is 0 Å². The summed E-state index contributed by atoms with van der Waals surface area (Å²) < 4.78 is 4.67. The third kappa shape index (κ3) is 3.48. The maximum Gasteiger partial charge on any atom is 0.337 e. The largest absolute Gasteiger partial charge is 0.465 e. The first-order chi connectivity index (χ1) is 10.2. The van der Waals surface area contributed by atoms with Gasteiger partial charge in [-0.25, -0.2) is 4.79 Å². The van der Waals surface area contributed by atoms with Crippen molar-refractivity contribution in [3.8, 4) is 0 Å². The normalized spacial score (nSPS) is 10.0. The molecule has 0 heterocycles. The van der Waals surface area contributed by atoms with Crippen LogP contribution in [0.3, 0.4) is 0 Å². The average molecular weight is 283 g/mol. The number of ether oxygens (including phenoxy) is 1. The van der Waals surface area contributed by atoms with E-state index in [-0.39, 0.29) is 5.91 Å². The van der Waals surface area contributed by atoms with Crippen LogP contribution < -0.4 is 5.32 Å². The van der Waals surface area contributed by atoms with Crippen molar-refractivity contribution in [3.05, 3.63) is 65.2 Å². The fourth-order valence-corrected chi connectivity index (χ4v) is 2.09. The minimum Gasteiger partial charge on any atom is -0.465 e. The average Bonchev–Trinajstić information content (AvgIpc) is 2.54. The number of amides is 1. The number of rotatable bonds is 4.